The largest absolute Gasteiger partial charge is 0.376 e. The molecule has 0 amide bonds. The number of ether oxygens (including phenoxy) is 2. The lowest BCUT2D eigenvalue weighted by Crippen LogP contribution is -2.16. The van der Waals surface area contributed by atoms with Gasteiger partial charge in [0.05, 0.1) is 31.2 Å². The van der Waals surface area contributed by atoms with Crippen molar-refractivity contribution < 1.29 is 9.47 Å². The molecule has 162 valence electrons. The molecule has 0 aliphatic carbocycles. The smallest absolute Gasteiger partial charge is 0.270 e. The number of anilines is 1. The number of aromatic nitrogens is 2. The molecular weight excluding hydrogens is 406 g/mol. The van der Waals surface area contributed by atoms with E-state index in [0.29, 0.717) is 24.5 Å². The molecule has 32 heavy (non-hydrogen) atoms. The van der Waals surface area contributed by atoms with Gasteiger partial charge in [-0.15, -0.1) is 0 Å². The van der Waals surface area contributed by atoms with Crippen LogP contribution in [-0.4, -0.2) is 35.5 Å². The van der Waals surface area contributed by atoms with Crippen LogP contribution in [0.15, 0.2) is 64.5 Å². The van der Waals surface area contributed by atoms with Crippen LogP contribution in [0, 0.1) is 11.3 Å². The average Bonchev–Trinajstić information content (AvgIpc) is 3.33. The van der Waals surface area contributed by atoms with Gasteiger partial charge in [0.2, 0.25) is 5.95 Å². The molecule has 3 aromatic rings. The van der Waals surface area contributed by atoms with Gasteiger partial charge in [-0.2, -0.15) is 10.4 Å². The first-order valence-corrected chi connectivity index (χ1v) is 10.4. The van der Waals surface area contributed by atoms with E-state index in [1.165, 1.54) is 0 Å². The first kappa shape index (κ1) is 21.4. The zero-order chi connectivity index (χ0) is 22.2. The minimum absolute atomic E-state index is 0.0403. The highest BCUT2D eigenvalue weighted by Crippen LogP contribution is 2.19. The van der Waals surface area contributed by atoms with Gasteiger partial charge in [-0.3, -0.25) is 9.78 Å². The second-order valence-electron chi connectivity index (χ2n) is 7.38. The molecule has 1 aromatic heterocycles. The second kappa shape index (κ2) is 10.5. The van der Waals surface area contributed by atoms with Crippen LogP contribution >= 0.6 is 0 Å². The van der Waals surface area contributed by atoms with Crippen molar-refractivity contribution in [3.8, 4) is 17.3 Å². The lowest BCUT2D eigenvalue weighted by Gasteiger charge is -2.10. The summed E-state index contributed by atoms with van der Waals surface area (Å²) in [6.07, 6.45) is 3.98. The Kier molecular flexibility index (Phi) is 7.02. The van der Waals surface area contributed by atoms with E-state index in [1.807, 2.05) is 48.5 Å². The van der Waals surface area contributed by atoms with E-state index in [4.69, 9.17) is 9.47 Å². The first-order chi connectivity index (χ1) is 15.7. The second-order valence-corrected chi connectivity index (χ2v) is 7.38. The van der Waals surface area contributed by atoms with Crippen molar-refractivity contribution in [1.82, 2.24) is 9.97 Å². The minimum Gasteiger partial charge on any atom is -0.376 e. The predicted octanol–water partition coefficient (Wildman–Crippen LogP) is 3.45. The Morgan fingerprint density at radius 3 is 2.94 bits per heavy atom. The molecule has 8 heteroatoms. The third-order valence-corrected chi connectivity index (χ3v) is 5.01. The van der Waals surface area contributed by atoms with Crippen molar-refractivity contribution in [2.75, 3.05) is 18.6 Å². The van der Waals surface area contributed by atoms with Gasteiger partial charge in [0.15, 0.2) is 0 Å². The van der Waals surface area contributed by atoms with Crippen LogP contribution in [0.4, 0.5) is 5.95 Å². The Balaban J connectivity index is 1.42. The SMILES string of the molecule is N#Cc1c(-c2ccccc2)nc(NN=Cc2cccc(COCC3CCCO3)c2)[nH]c1=O. The zero-order valence-electron chi connectivity index (χ0n) is 17.5. The van der Waals surface area contributed by atoms with Gasteiger partial charge in [-0.05, 0) is 30.0 Å². The summed E-state index contributed by atoms with van der Waals surface area (Å²) >= 11 is 0. The van der Waals surface area contributed by atoms with Gasteiger partial charge in [-0.25, -0.2) is 10.4 Å². The lowest BCUT2D eigenvalue weighted by molar-refractivity contribution is 0.0106. The highest BCUT2D eigenvalue weighted by molar-refractivity contribution is 5.80. The van der Waals surface area contributed by atoms with Gasteiger partial charge in [0.25, 0.3) is 5.56 Å². The Labute approximate surface area is 185 Å². The maximum Gasteiger partial charge on any atom is 0.270 e. The number of benzene rings is 2. The molecule has 4 rings (SSSR count). The Bertz CT molecular complexity index is 1180. The summed E-state index contributed by atoms with van der Waals surface area (Å²) in [7, 11) is 0. The maximum absolute atomic E-state index is 12.3. The van der Waals surface area contributed by atoms with Crippen molar-refractivity contribution in [2.45, 2.75) is 25.6 Å². The van der Waals surface area contributed by atoms with Crippen LogP contribution in [-0.2, 0) is 16.1 Å². The van der Waals surface area contributed by atoms with Crippen molar-refractivity contribution in [2.24, 2.45) is 5.10 Å². The Morgan fingerprint density at radius 2 is 2.16 bits per heavy atom. The molecule has 2 heterocycles. The molecule has 8 nitrogen and oxygen atoms in total. The zero-order valence-corrected chi connectivity index (χ0v) is 17.5. The molecule has 1 atom stereocenters. The van der Waals surface area contributed by atoms with E-state index in [0.717, 1.165) is 30.6 Å². The van der Waals surface area contributed by atoms with Crippen LogP contribution < -0.4 is 11.0 Å². The van der Waals surface area contributed by atoms with Gasteiger partial charge >= 0.3 is 0 Å². The molecule has 1 unspecified atom stereocenters. The standard InChI is InChI=1S/C24H23N5O3/c25-13-21-22(19-8-2-1-3-9-19)27-24(28-23(21)30)29-26-14-17-6-4-7-18(12-17)15-31-16-20-10-5-11-32-20/h1-4,6-9,12,14,20H,5,10-11,15-16H2,(H2,27,28,29,30). The maximum atomic E-state index is 12.3. The van der Waals surface area contributed by atoms with E-state index in [2.05, 4.69) is 20.5 Å². The predicted molar refractivity (Wildman–Crippen MR) is 121 cm³/mol. The van der Waals surface area contributed by atoms with E-state index < -0.39 is 5.56 Å². The summed E-state index contributed by atoms with van der Waals surface area (Å²) in [5.41, 5.74) is 5.06. The van der Waals surface area contributed by atoms with Gasteiger partial charge in [-0.1, -0.05) is 48.5 Å². The summed E-state index contributed by atoms with van der Waals surface area (Å²) in [4.78, 5) is 19.2. The number of aromatic amines is 1. The molecule has 2 N–H and O–H groups in total. The number of rotatable bonds is 8. The monoisotopic (exact) mass is 429 g/mol. The lowest BCUT2D eigenvalue weighted by atomic mass is 10.1. The van der Waals surface area contributed by atoms with Crippen molar-refractivity contribution in [3.63, 3.8) is 0 Å². The summed E-state index contributed by atoms with van der Waals surface area (Å²) in [5, 5.41) is 13.5. The molecule has 0 radical (unpaired) electrons. The highest BCUT2D eigenvalue weighted by Gasteiger charge is 2.15. The van der Waals surface area contributed by atoms with Crippen molar-refractivity contribution in [3.05, 3.63) is 81.6 Å². The number of nitrogens with zero attached hydrogens (tertiary/aromatic N) is 3. The van der Waals surface area contributed by atoms with Crippen LogP contribution in [0.3, 0.4) is 0 Å². The number of hydrogen-bond donors (Lipinski definition) is 2. The fourth-order valence-corrected chi connectivity index (χ4v) is 3.45. The van der Waals surface area contributed by atoms with E-state index in [-0.39, 0.29) is 17.6 Å². The average molecular weight is 429 g/mol. The quantitative estimate of drug-likeness (QED) is 0.419. The summed E-state index contributed by atoms with van der Waals surface area (Å²) in [6.45, 7) is 1.92. The fraction of sp³-hybridized carbons (Fsp3) is 0.250. The minimum atomic E-state index is -0.524. The van der Waals surface area contributed by atoms with E-state index in [1.54, 1.807) is 18.3 Å². The van der Waals surface area contributed by atoms with Gasteiger partial charge in [0, 0.05) is 12.2 Å². The molecule has 0 bridgehead atoms. The highest BCUT2D eigenvalue weighted by atomic mass is 16.5. The number of hydrogen-bond acceptors (Lipinski definition) is 7. The van der Waals surface area contributed by atoms with Crippen LogP contribution in [0.5, 0.6) is 0 Å². The van der Waals surface area contributed by atoms with Crippen molar-refractivity contribution >= 4 is 12.2 Å². The van der Waals surface area contributed by atoms with Crippen LogP contribution in [0.2, 0.25) is 0 Å². The topological polar surface area (TPSA) is 112 Å². The molecule has 1 saturated heterocycles. The Hall–Kier alpha value is -3.80. The summed E-state index contributed by atoms with van der Waals surface area (Å²) in [6, 6.07) is 18.8. The normalized spacial score (nSPS) is 15.7. The number of H-pyrrole nitrogens is 1. The third-order valence-electron chi connectivity index (χ3n) is 5.01. The van der Waals surface area contributed by atoms with Crippen LogP contribution in [0.1, 0.15) is 29.5 Å². The molecule has 1 aliphatic rings. The molecule has 2 aromatic carbocycles. The van der Waals surface area contributed by atoms with E-state index >= 15 is 0 Å². The van der Waals surface area contributed by atoms with Gasteiger partial charge in [0.1, 0.15) is 11.6 Å². The number of nitrogens with one attached hydrogen (secondary N) is 2. The number of hydrazone groups is 1. The summed E-state index contributed by atoms with van der Waals surface area (Å²) < 4.78 is 11.3. The third kappa shape index (κ3) is 5.46. The van der Waals surface area contributed by atoms with Gasteiger partial charge < -0.3 is 9.47 Å². The first-order valence-electron chi connectivity index (χ1n) is 10.4. The van der Waals surface area contributed by atoms with E-state index in [9.17, 15) is 10.1 Å². The summed E-state index contributed by atoms with van der Waals surface area (Å²) in [5.74, 6) is 0.153. The fourth-order valence-electron chi connectivity index (χ4n) is 3.45. The number of nitriles is 1. The molecule has 0 spiro atoms. The molecule has 1 aliphatic heterocycles. The Morgan fingerprint density at radius 1 is 1.28 bits per heavy atom. The molecule has 0 saturated carbocycles. The molecule has 1 fully saturated rings. The van der Waals surface area contributed by atoms with Crippen molar-refractivity contribution in [1.29, 1.82) is 5.26 Å². The van der Waals surface area contributed by atoms with Crippen LogP contribution in [0.25, 0.3) is 11.3 Å². The molecular formula is C24H23N5O3.